The van der Waals surface area contributed by atoms with Crippen molar-refractivity contribution in [1.82, 2.24) is 15.6 Å². The number of hydrogen-bond donors (Lipinski definition) is 2. The van der Waals surface area contributed by atoms with Crippen molar-refractivity contribution >= 4 is 12.0 Å². The van der Waals surface area contributed by atoms with Crippen LogP contribution < -0.4 is 10.6 Å². The summed E-state index contributed by atoms with van der Waals surface area (Å²) in [5.41, 5.74) is 1.75. The SMILES string of the molecule is Cc1nc(-c2ccccc2)ccc1C(=O)NC(C)(C)CNC(=O)OC(C)(C)C. The summed E-state index contributed by atoms with van der Waals surface area (Å²) in [5.74, 6) is -0.236. The molecule has 0 aliphatic heterocycles. The van der Waals surface area contributed by atoms with Crippen LogP contribution in [0.25, 0.3) is 11.3 Å². The fourth-order valence-corrected chi connectivity index (χ4v) is 2.60. The number of benzene rings is 1. The van der Waals surface area contributed by atoms with E-state index in [1.165, 1.54) is 0 Å². The number of rotatable bonds is 5. The molecule has 0 atom stereocenters. The Kier molecular flexibility index (Phi) is 6.44. The highest BCUT2D eigenvalue weighted by molar-refractivity contribution is 5.96. The highest BCUT2D eigenvalue weighted by atomic mass is 16.6. The fraction of sp³-hybridized carbons (Fsp3) is 0.409. The van der Waals surface area contributed by atoms with Crippen LogP contribution in [-0.4, -0.2) is 34.7 Å². The van der Waals surface area contributed by atoms with Crippen LogP contribution in [0, 0.1) is 6.92 Å². The number of carbonyl (C=O) groups is 2. The third kappa shape index (κ3) is 6.37. The van der Waals surface area contributed by atoms with E-state index in [4.69, 9.17) is 4.74 Å². The van der Waals surface area contributed by atoms with Crippen LogP contribution in [0.2, 0.25) is 0 Å². The smallest absolute Gasteiger partial charge is 0.407 e. The number of ether oxygens (including phenoxy) is 1. The molecule has 2 amide bonds. The quantitative estimate of drug-likeness (QED) is 0.815. The zero-order valence-electron chi connectivity index (χ0n) is 17.4. The van der Waals surface area contributed by atoms with Gasteiger partial charge in [0.2, 0.25) is 0 Å². The standard InChI is InChI=1S/C22H29N3O3/c1-15-17(12-13-18(24-15)16-10-8-7-9-11-16)19(26)25-22(5,6)14-23-20(27)28-21(2,3)4/h7-13H,14H2,1-6H3,(H,23,27)(H,25,26). The third-order valence-corrected chi connectivity index (χ3v) is 3.93. The van der Waals surface area contributed by atoms with E-state index in [0.29, 0.717) is 11.3 Å². The second-order valence-corrected chi connectivity index (χ2v) is 8.39. The topological polar surface area (TPSA) is 80.3 Å². The van der Waals surface area contributed by atoms with Gasteiger partial charge in [0.15, 0.2) is 0 Å². The van der Waals surface area contributed by atoms with Crippen molar-refractivity contribution in [2.75, 3.05) is 6.54 Å². The molecule has 2 aromatic rings. The molecule has 6 nitrogen and oxygen atoms in total. The first-order valence-corrected chi connectivity index (χ1v) is 9.29. The maximum atomic E-state index is 12.7. The van der Waals surface area contributed by atoms with Gasteiger partial charge in [-0.1, -0.05) is 30.3 Å². The van der Waals surface area contributed by atoms with E-state index in [-0.39, 0.29) is 12.5 Å². The van der Waals surface area contributed by atoms with E-state index < -0.39 is 17.2 Å². The van der Waals surface area contributed by atoms with E-state index in [0.717, 1.165) is 11.3 Å². The molecule has 0 unspecified atom stereocenters. The molecule has 1 aromatic carbocycles. The van der Waals surface area contributed by atoms with E-state index in [9.17, 15) is 9.59 Å². The van der Waals surface area contributed by atoms with Gasteiger partial charge in [-0.3, -0.25) is 9.78 Å². The molecule has 0 spiro atoms. The Labute approximate surface area is 166 Å². The van der Waals surface area contributed by atoms with Crippen LogP contribution >= 0.6 is 0 Å². The van der Waals surface area contributed by atoms with E-state index in [1.807, 2.05) is 57.2 Å². The first-order chi connectivity index (χ1) is 13.0. The third-order valence-electron chi connectivity index (χ3n) is 3.93. The van der Waals surface area contributed by atoms with Crippen molar-refractivity contribution in [1.29, 1.82) is 0 Å². The molecule has 0 radical (unpaired) electrons. The molecule has 0 aliphatic carbocycles. The summed E-state index contributed by atoms with van der Waals surface area (Å²) in [7, 11) is 0. The summed E-state index contributed by atoms with van der Waals surface area (Å²) in [6.07, 6.45) is -0.514. The van der Waals surface area contributed by atoms with Gasteiger partial charge in [-0.05, 0) is 53.7 Å². The maximum Gasteiger partial charge on any atom is 0.407 e. The van der Waals surface area contributed by atoms with Crippen LogP contribution in [-0.2, 0) is 4.74 Å². The highest BCUT2D eigenvalue weighted by Gasteiger charge is 2.25. The lowest BCUT2D eigenvalue weighted by atomic mass is 10.0. The van der Waals surface area contributed by atoms with Crippen LogP contribution in [0.4, 0.5) is 4.79 Å². The summed E-state index contributed by atoms with van der Waals surface area (Å²) < 4.78 is 5.22. The number of carbonyl (C=O) groups excluding carboxylic acids is 2. The van der Waals surface area contributed by atoms with Crippen LogP contribution in [0.15, 0.2) is 42.5 Å². The normalized spacial score (nSPS) is 11.6. The van der Waals surface area contributed by atoms with E-state index in [1.54, 1.807) is 26.8 Å². The number of amides is 2. The Morgan fingerprint density at radius 1 is 1.00 bits per heavy atom. The molecule has 1 aromatic heterocycles. The molecule has 6 heteroatoms. The van der Waals surface area contributed by atoms with E-state index in [2.05, 4.69) is 15.6 Å². The van der Waals surface area contributed by atoms with Gasteiger partial charge in [0.25, 0.3) is 5.91 Å². The number of pyridine rings is 1. The van der Waals surface area contributed by atoms with Gasteiger partial charge in [-0.15, -0.1) is 0 Å². The zero-order chi connectivity index (χ0) is 20.9. The lowest BCUT2D eigenvalue weighted by Gasteiger charge is -2.28. The molecule has 150 valence electrons. The van der Waals surface area contributed by atoms with Gasteiger partial charge in [-0.25, -0.2) is 4.79 Å². The van der Waals surface area contributed by atoms with Gasteiger partial charge in [0, 0.05) is 12.1 Å². The van der Waals surface area contributed by atoms with Crippen LogP contribution in [0.1, 0.15) is 50.7 Å². The van der Waals surface area contributed by atoms with Gasteiger partial charge in [0.05, 0.1) is 22.5 Å². The number of nitrogens with zero attached hydrogens (tertiary/aromatic N) is 1. The van der Waals surface area contributed by atoms with Crippen LogP contribution in [0.5, 0.6) is 0 Å². The second-order valence-electron chi connectivity index (χ2n) is 8.39. The molecule has 0 bridgehead atoms. The molecule has 0 saturated carbocycles. The summed E-state index contributed by atoms with van der Waals surface area (Å²) >= 11 is 0. The summed E-state index contributed by atoms with van der Waals surface area (Å²) in [6, 6.07) is 13.4. The lowest BCUT2D eigenvalue weighted by Crippen LogP contribution is -2.52. The molecule has 0 fully saturated rings. The first kappa shape index (κ1) is 21.4. The average Bonchev–Trinajstić information content (AvgIpc) is 2.59. The van der Waals surface area contributed by atoms with Crippen molar-refractivity contribution in [3.63, 3.8) is 0 Å². The Morgan fingerprint density at radius 2 is 1.64 bits per heavy atom. The van der Waals surface area contributed by atoms with Crippen molar-refractivity contribution in [3.05, 3.63) is 53.7 Å². The summed E-state index contributed by atoms with van der Waals surface area (Å²) in [4.78, 5) is 29.1. The molecule has 0 aliphatic rings. The number of aromatic nitrogens is 1. The van der Waals surface area contributed by atoms with Crippen LogP contribution in [0.3, 0.4) is 0 Å². The second kappa shape index (κ2) is 8.42. The Balaban J connectivity index is 2.02. The van der Waals surface area contributed by atoms with Crippen molar-refractivity contribution in [2.24, 2.45) is 0 Å². The first-order valence-electron chi connectivity index (χ1n) is 9.29. The Morgan fingerprint density at radius 3 is 2.21 bits per heavy atom. The molecule has 28 heavy (non-hydrogen) atoms. The van der Waals surface area contributed by atoms with E-state index >= 15 is 0 Å². The minimum Gasteiger partial charge on any atom is -0.444 e. The predicted octanol–water partition coefficient (Wildman–Crippen LogP) is 4.09. The maximum absolute atomic E-state index is 12.7. The highest BCUT2D eigenvalue weighted by Crippen LogP contribution is 2.19. The number of alkyl carbamates (subject to hydrolysis) is 1. The van der Waals surface area contributed by atoms with Gasteiger partial charge in [0.1, 0.15) is 5.60 Å². The number of nitrogens with one attached hydrogen (secondary N) is 2. The van der Waals surface area contributed by atoms with Gasteiger partial charge in [-0.2, -0.15) is 0 Å². The monoisotopic (exact) mass is 383 g/mol. The summed E-state index contributed by atoms with van der Waals surface area (Å²) in [6.45, 7) is 11.1. The molecule has 2 rings (SSSR count). The largest absolute Gasteiger partial charge is 0.444 e. The van der Waals surface area contributed by atoms with Crippen molar-refractivity contribution in [3.8, 4) is 11.3 Å². The lowest BCUT2D eigenvalue weighted by molar-refractivity contribution is 0.0509. The Bertz CT molecular complexity index is 840. The number of hydrogen-bond acceptors (Lipinski definition) is 4. The molecule has 1 heterocycles. The minimum absolute atomic E-state index is 0.236. The predicted molar refractivity (Wildman–Crippen MR) is 110 cm³/mol. The van der Waals surface area contributed by atoms with Crippen molar-refractivity contribution < 1.29 is 14.3 Å². The fourth-order valence-electron chi connectivity index (χ4n) is 2.60. The van der Waals surface area contributed by atoms with Gasteiger partial charge >= 0.3 is 6.09 Å². The Hall–Kier alpha value is -2.89. The molecular formula is C22H29N3O3. The van der Waals surface area contributed by atoms with Crippen molar-refractivity contribution in [2.45, 2.75) is 52.7 Å². The minimum atomic E-state index is -0.654. The zero-order valence-corrected chi connectivity index (χ0v) is 17.4. The van der Waals surface area contributed by atoms with Gasteiger partial charge < -0.3 is 15.4 Å². The average molecular weight is 383 g/mol. The molecule has 2 N–H and O–H groups in total. The number of aryl methyl sites for hydroxylation is 1. The molecule has 0 saturated heterocycles. The summed E-state index contributed by atoms with van der Waals surface area (Å²) in [5, 5.41) is 5.63. The molecular weight excluding hydrogens is 354 g/mol.